The number of nitrogens with one attached hydrogen (secondary N) is 1. The quantitative estimate of drug-likeness (QED) is 0.641. The van der Waals surface area contributed by atoms with Gasteiger partial charge < -0.3 is 10.6 Å². The molecule has 2 rings (SSSR count). The normalized spacial score (nSPS) is 14.2. The molecule has 0 amide bonds. The van der Waals surface area contributed by atoms with Gasteiger partial charge in [-0.2, -0.15) is 0 Å². The van der Waals surface area contributed by atoms with Crippen molar-refractivity contribution in [2.45, 2.75) is 58.4 Å². The molecule has 0 aromatic carbocycles. The Morgan fingerprint density at radius 3 is 2.60 bits per heavy atom. The summed E-state index contributed by atoms with van der Waals surface area (Å²) < 4.78 is 0. The summed E-state index contributed by atoms with van der Waals surface area (Å²) in [6.07, 6.45) is 6.70. The Balaban J connectivity index is 2.47. The third-order valence-corrected chi connectivity index (χ3v) is 4.40. The maximum atomic E-state index is 7.85. The molecule has 1 aromatic rings. The van der Waals surface area contributed by atoms with Crippen molar-refractivity contribution in [3.63, 3.8) is 0 Å². The third-order valence-electron chi connectivity index (χ3n) is 4.40. The van der Waals surface area contributed by atoms with Crippen LogP contribution in [0.4, 0.5) is 5.82 Å². The molecule has 1 aliphatic carbocycles. The van der Waals surface area contributed by atoms with E-state index in [1.807, 2.05) is 0 Å². The van der Waals surface area contributed by atoms with Crippen LogP contribution in [0, 0.1) is 5.41 Å². The van der Waals surface area contributed by atoms with Gasteiger partial charge >= 0.3 is 0 Å². The summed E-state index contributed by atoms with van der Waals surface area (Å²) >= 11 is 0. The molecule has 0 aliphatic heterocycles. The molecule has 110 valence electrons. The van der Waals surface area contributed by atoms with E-state index < -0.39 is 0 Å². The SMILES string of the molecule is CCC(CC)N(C)c1nc2c(cc1C(=N)N)CCCC2. The number of nitrogen functional groups attached to an aromatic ring is 1. The fourth-order valence-electron chi connectivity index (χ4n) is 3.10. The van der Waals surface area contributed by atoms with E-state index in [0.717, 1.165) is 37.1 Å². The first kappa shape index (κ1) is 14.8. The molecule has 4 heteroatoms. The molecule has 4 nitrogen and oxygen atoms in total. The van der Waals surface area contributed by atoms with Crippen molar-refractivity contribution >= 4 is 11.7 Å². The summed E-state index contributed by atoms with van der Waals surface area (Å²) in [5.74, 6) is 1.01. The zero-order valence-electron chi connectivity index (χ0n) is 12.9. The predicted molar refractivity (Wildman–Crippen MR) is 84.7 cm³/mol. The van der Waals surface area contributed by atoms with Crippen molar-refractivity contribution in [3.8, 4) is 0 Å². The number of aryl methyl sites for hydroxylation is 2. The van der Waals surface area contributed by atoms with Gasteiger partial charge in [-0.1, -0.05) is 13.8 Å². The highest BCUT2D eigenvalue weighted by atomic mass is 15.2. The van der Waals surface area contributed by atoms with E-state index in [9.17, 15) is 0 Å². The number of nitrogens with zero attached hydrogens (tertiary/aromatic N) is 2. The fraction of sp³-hybridized carbons (Fsp3) is 0.625. The largest absolute Gasteiger partial charge is 0.384 e. The highest BCUT2D eigenvalue weighted by Crippen LogP contribution is 2.28. The number of rotatable bonds is 5. The lowest BCUT2D eigenvalue weighted by atomic mass is 9.94. The van der Waals surface area contributed by atoms with Gasteiger partial charge in [0, 0.05) is 18.8 Å². The van der Waals surface area contributed by atoms with Crippen molar-refractivity contribution < 1.29 is 0 Å². The van der Waals surface area contributed by atoms with Gasteiger partial charge in [-0.25, -0.2) is 4.98 Å². The van der Waals surface area contributed by atoms with E-state index >= 15 is 0 Å². The van der Waals surface area contributed by atoms with Crippen LogP contribution < -0.4 is 10.6 Å². The first-order valence-electron chi connectivity index (χ1n) is 7.68. The van der Waals surface area contributed by atoms with Gasteiger partial charge in [0.25, 0.3) is 0 Å². The number of nitrogens with two attached hydrogens (primary N) is 1. The van der Waals surface area contributed by atoms with Crippen molar-refractivity contribution in [2.75, 3.05) is 11.9 Å². The molecular formula is C16H26N4. The second-order valence-corrected chi connectivity index (χ2v) is 5.67. The number of anilines is 1. The van der Waals surface area contributed by atoms with Crippen LogP contribution in [0.1, 0.15) is 56.4 Å². The van der Waals surface area contributed by atoms with E-state index in [1.165, 1.54) is 24.1 Å². The molecule has 0 bridgehead atoms. The van der Waals surface area contributed by atoms with Crippen LogP contribution in [0.15, 0.2) is 6.07 Å². The average Bonchev–Trinajstić information content (AvgIpc) is 2.46. The van der Waals surface area contributed by atoms with Gasteiger partial charge in [-0.15, -0.1) is 0 Å². The lowest BCUT2D eigenvalue weighted by molar-refractivity contribution is 0.583. The maximum Gasteiger partial charge on any atom is 0.139 e. The highest BCUT2D eigenvalue weighted by Gasteiger charge is 2.21. The number of pyridine rings is 1. The molecule has 0 unspecified atom stereocenters. The molecule has 3 N–H and O–H groups in total. The fourth-order valence-corrected chi connectivity index (χ4v) is 3.10. The van der Waals surface area contributed by atoms with E-state index in [0.29, 0.717) is 6.04 Å². The zero-order chi connectivity index (χ0) is 14.7. The minimum absolute atomic E-state index is 0.124. The Morgan fingerprint density at radius 2 is 2.00 bits per heavy atom. The summed E-state index contributed by atoms with van der Waals surface area (Å²) in [6.45, 7) is 4.38. The van der Waals surface area contributed by atoms with Gasteiger partial charge in [0.2, 0.25) is 0 Å². The van der Waals surface area contributed by atoms with Crippen molar-refractivity contribution in [1.29, 1.82) is 5.41 Å². The van der Waals surface area contributed by atoms with Crippen LogP contribution in [0.3, 0.4) is 0 Å². The van der Waals surface area contributed by atoms with Crippen molar-refractivity contribution in [3.05, 3.63) is 22.9 Å². The van der Waals surface area contributed by atoms with Gasteiger partial charge in [0.15, 0.2) is 0 Å². The lowest BCUT2D eigenvalue weighted by Gasteiger charge is -2.30. The van der Waals surface area contributed by atoms with Gasteiger partial charge in [0.1, 0.15) is 11.7 Å². The lowest BCUT2D eigenvalue weighted by Crippen LogP contribution is -2.34. The summed E-state index contributed by atoms with van der Waals surface area (Å²) in [5, 5.41) is 7.85. The summed E-state index contributed by atoms with van der Waals surface area (Å²) in [6, 6.07) is 2.54. The van der Waals surface area contributed by atoms with E-state index in [-0.39, 0.29) is 5.84 Å². The number of aromatic nitrogens is 1. The molecule has 0 atom stereocenters. The number of hydrogen-bond acceptors (Lipinski definition) is 3. The van der Waals surface area contributed by atoms with E-state index in [4.69, 9.17) is 16.1 Å². The number of hydrogen-bond donors (Lipinski definition) is 2. The third kappa shape index (κ3) is 2.79. The van der Waals surface area contributed by atoms with Crippen LogP contribution in [0.25, 0.3) is 0 Å². The van der Waals surface area contributed by atoms with Crippen molar-refractivity contribution in [2.24, 2.45) is 5.73 Å². The molecule has 0 spiro atoms. The molecule has 1 aliphatic rings. The molecular weight excluding hydrogens is 248 g/mol. The molecule has 0 saturated carbocycles. The Morgan fingerprint density at radius 1 is 1.35 bits per heavy atom. The Labute approximate surface area is 121 Å². The number of amidine groups is 1. The minimum atomic E-state index is 0.124. The standard InChI is InChI=1S/C16H26N4/c1-4-12(5-2)20(3)16-13(15(17)18)10-11-8-6-7-9-14(11)19-16/h10,12H,4-9H2,1-3H3,(H3,17,18). The van der Waals surface area contributed by atoms with E-state index in [2.05, 4.69) is 31.9 Å². The van der Waals surface area contributed by atoms with Crippen LogP contribution in [0.2, 0.25) is 0 Å². The van der Waals surface area contributed by atoms with Gasteiger partial charge in [0.05, 0.1) is 5.56 Å². The second kappa shape index (κ2) is 6.25. The van der Waals surface area contributed by atoms with Crippen LogP contribution in [-0.2, 0) is 12.8 Å². The Kier molecular flexibility index (Phi) is 4.63. The zero-order valence-corrected chi connectivity index (χ0v) is 12.9. The van der Waals surface area contributed by atoms with Crippen LogP contribution in [-0.4, -0.2) is 23.9 Å². The minimum Gasteiger partial charge on any atom is -0.384 e. The topological polar surface area (TPSA) is 66.0 Å². The summed E-state index contributed by atoms with van der Waals surface area (Å²) in [4.78, 5) is 7.06. The van der Waals surface area contributed by atoms with E-state index in [1.54, 1.807) is 0 Å². The Hall–Kier alpha value is -1.58. The summed E-state index contributed by atoms with van der Waals surface area (Å²) in [5.41, 5.74) is 9.06. The average molecular weight is 274 g/mol. The molecule has 0 saturated heterocycles. The molecule has 0 fully saturated rings. The first-order valence-corrected chi connectivity index (χ1v) is 7.68. The summed E-state index contributed by atoms with van der Waals surface area (Å²) in [7, 11) is 2.07. The predicted octanol–water partition coefficient (Wildman–Crippen LogP) is 2.87. The highest BCUT2D eigenvalue weighted by molar-refractivity contribution is 5.99. The first-order chi connectivity index (χ1) is 9.58. The molecule has 1 heterocycles. The molecule has 1 aromatic heterocycles. The van der Waals surface area contributed by atoms with Crippen molar-refractivity contribution in [1.82, 2.24) is 4.98 Å². The number of fused-ring (bicyclic) bond motifs is 1. The van der Waals surface area contributed by atoms with Gasteiger partial charge in [-0.3, -0.25) is 5.41 Å². The monoisotopic (exact) mass is 274 g/mol. The van der Waals surface area contributed by atoms with Gasteiger partial charge in [-0.05, 0) is 50.2 Å². The smallest absolute Gasteiger partial charge is 0.139 e. The van der Waals surface area contributed by atoms with Crippen LogP contribution in [0.5, 0.6) is 0 Å². The molecule has 0 radical (unpaired) electrons. The van der Waals surface area contributed by atoms with Crippen LogP contribution >= 0.6 is 0 Å². The maximum absolute atomic E-state index is 7.85. The molecule has 20 heavy (non-hydrogen) atoms. The second-order valence-electron chi connectivity index (χ2n) is 5.67. The Bertz CT molecular complexity index is 491.